The summed E-state index contributed by atoms with van der Waals surface area (Å²) in [5.74, 6) is 0. The molecule has 1 fully saturated rings. The van der Waals surface area contributed by atoms with Crippen molar-refractivity contribution in [3.8, 4) is 0 Å². The Labute approximate surface area is 87.0 Å². The molecule has 1 aliphatic carbocycles. The first-order valence-corrected chi connectivity index (χ1v) is 5.04. The van der Waals surface area contributed by atoms with Crippen LogP contribution in [0.4, 0.5) is 13.2 Å². The minimum atomic E-state index is -4.23. The zero-order valence-electron chi connectivity index (χ0n) is 8.67. The molecule has 0 aromatic heterocycles. The quantitative estimate of drug-likeness (QED) is 0.726. The summed E-state index contributed by atoms with van der Waals surface area (Å²) in [5, 5.41) is 9.05. The van der Waals surface area contributed by atoms with Crippen LogP contribution in [0.2, 0.25) is 0 Å². The summed E-state index contributed by atoms with van der Waals surface area (Å²) in [5.41, 5.74) is 5.56. The molecule has 0 aliphatic heterocycles. The van der Waals surface area contributed by atoms with E-state index in [0.29, 0.717) is 0 Å². The highest BCUT2D eigenvalue weighted by atomic mass is 19.4. The minimum absolute atomic E-state index is 0.0604. The van der Waals surface area contributed by atoms with Gasteiger partial charge in [-0.05, 0) is 19.8 Å². The Kier molecular flexibility index (Phi) is 3.97. The Bertz CT molecular complexity index is 204. The second kappa shape index (κ2) is 4.67. The molecule has 1 rings (SSSR count). The van der Waals surface area contributed by atoms with Crippen molar-refractivity contribution in [1.82, 2.24) is 4.90 Å². The molecule has 6 heteroatoms. The number of halogens is 3. The molecule has 0 aromatic carbocycles. The van der Waals surface area contributed by atoms with E-state index in [1.54, 1.807) is 6.92 Å². The van der Waals surface area contributed by atoms with Crippen LogP contribution in [-0.2, 0) is 0 Å². The topological polar surface area (TPSA) is 49.5 Å². The number of hydrogen-bond donors (Lipinski definition) is 2. The van der Waals surface area contributed by atoms with Crippen LogP contribution in [0.15, 0.2) is 0 Å². The van der Waals surface area contributed by atoms with Crippen molar-refractivity contribution in [2.75, 3.05) is 13.2 Å². The minimum Gasteiger partial charge on any atom is -0.395 e. The Hall–Kier alpha value is -0.330. The van der Waals surface area contributed by atoms with Crippen LogP contribution < -0.4 is 5.73 Å². The third kappa shape index (κ3) is 3.96. The Morgan fingerprint density at radius 3 is 2.27 bits per heavy atom. The van der Waals surface area contributed by atoms with E-state index in [1.807, 2.05) is 0 Å². The number of hydrogen-bond acceptors (Lipinski definition) is 3. The molecule has 1 saturated carbocycles. The monoisotopic (exact) mass is 226 g/mol. The molecule has 0 radical (unpaired) electrons. The first kappa shape index (κ1) is 12.7. The van der Waals surface area contributed by atoms with Crippen molar-refractivity contribution >= 4 is 0 Å². The van der Waals surface area contributed by atoms with Crippen molar-refractivity contribution in [3.05, 3.63) is 0 Å². The number of alkyl halides is 3. The van der Waals surface area contributed by atoms with E-state index in [2.05, 4.69) is 0 Å². The summed E-state index contributed by atoms with van der Waals surface area (Å²) >= 11 is 0. The summed E-state index contributed by atoms with van der Waals surface area (Å²) in [7, 11) is 0. The van der Waals surface area contributed by atoms with Gasteiger partial charge in [-0.25, -0.2) is 0 Å². The van der Waals surface area contributed by atoms with Crippen molar-refractivity contribution in [2.45, 2.75) is 44.1 Å². The lowest BCUT2D eigenvalue weighted by molar-refractivity contribution is -0.154. The number of nitrogens with zero attached hydrogens (tertiary/aromatic N) is 1. The van der Waals surface area contributed by atoms with Gasteiger partial charge in [0.05, 0.1) is 13.2 Å². The van der Waals surface area contributed by atoms with Gasteiger partial charge in [0, 0.05) is 18.1 Å². The van der Waals surface area contributed by atoms with Gasteiger partial charge < -0.3 is 10.8 Å². The van der Waals surface area contributed by atoms with E-state index in [0.717, 1.165) is 12.8 Å². The van der Waals surface area contributed by atoms with Gasteiger partial charge in [-0.1, -0.05) is 0 Å². The first-order valence-electron chi connectivity index (χ1n) is 5.04. The lowest BCUT2D eigenvalue weighted by Gasteiger charge is -2.33. The fourth-order valence-corrected chi connectivity index (χ4v) is 1.70. The summed E-state index contributed by atoms with van der Waals surface area (Å²) in [6.45, 7) is 0.307. The van der Waals surface area contributed by atoms with E-state index >= 15 is 0 Å². The zero-order chi connectivity index (χ0) is 11.6. The summed E-state index contributed by atoms with van der Waals surface area (Å²) < 4.78 is 36.9. The van der Waals surface area contributed by atoms with Crippen molar-refractivity contribution in [3.63, 3.8) is 0 Å². The molecule has 3 nitrogen and oxygen atoms in total. The normalized spacial score (nSPS) is 21.8. The SMILES string of the molecule is CC(N)C(CO)N(CC(F)(F)F)C1CC1. The van der Waals surface area contributed by atoms with Gasteiger partial charge in [-0.15, -0.1) is 0 Å². The Balaban J connectivity index is 2.63. The Morgan fingerprint density at radius 1 is 1.47 bits per heavy atom. The number of aliphatic hydroxyl groups is 1. The van der Waals surface area contributed by atoms with Crippen LogP contribution in [0.3, 0.4) is 0 Å². The highest BCUT2D eigenvalue weighted by molar-refractivity contribution is 4.92. The second-order valence-electron chi connectivity index (χ2n) is 4.13. The smallest absolute Gasteiger partial charge is 0.395 e. The molecule has 0 amide bonds. The largest absolute Gasteiger partial charge is 0.401 e. The number of rotatable bonds is 5. The van der Waals surface area contributed by atoms with Crippen LogP contribution in [-0.4, -0.2) is 47.5 Å². The van der Waals surface area contributed by atoms with Crippen molar-refractivity contribution in [2.24, 2.45) is 5.73 Å². The lowest BCUT2D eigenvalue weighted by atomic mass is 10.1. The van der Waals surface area contributed by atoms with Gasteiger partial charge in [0.25, 0.3) is 0 Å². The Morgan fingerprint density at radius 2 is 2.00 bits per heavy atom. The fourth-order valence-electron chi connectivity index (χ4n) is 1.70. The fraction of sp³-hybridized carbons (Fsp3) is 1.00. The molecule has 15 heavy (non-hydrogen) atoms. The predicted molar refractivity (Wildman–Crippen MR) is 50.3 cm³/mol. The van der Waals surface area contributed by atoms with Gasteiger partial charge in [0.1, 0.15) is 0 Å². The maximum atomic E-state index is 12.3. The highest BCUT2D eigenvalue weighted by Crippen LogP contribution is 2.32. The van der Waals surface area contributed by atoms with Gasteiger partial charge in [0.15, 0.2) is 0 Å². The van der Waals surface area contributed by atoms with Crippen molar-refractivity contribution < 1.29 is 18.3 Å². The van der Waals surface area contributed by atoms with Crippen LogP contribution in [0.1, 0.15) is 19.8 Å². The number of nitrogens with two attached hydrogens (primary N) is 1. The van der Waals surface area contributed by atoms with E-state index in [-0.39, 0.29) is 12.6 Å². The molecule has 3 N–H and O–H groups in total. The predicted octanol–water partition coefficient (Wildman–Crippen LogP) is 0.721. The molecule has 0 saturated heterocycles. The van der Waals surface area contributed by atoms with E-state index < -0.39 is 24.8 Å². The highest BCUT2D eigenvalue weighted by Gasteiger charge is 2.41. The molecule has 90 valence electrons. The maximum absolute atomic E-state index is 12.3. The number of aliphatic hydroxyl groups excluding tert-OH is 1. The molecular weight excluding hydrogens is 209 g/mol. The molecular formula is C9H17F3N2O. The molecule has 0 spiro atoms. The van der Waals surface area contributed by atoms with Gasteiger partial charge in [0.2, 0.25) is 0 Å². The van der Waals surface area contributed by atoms with Gasteiger partial charge in [-0.2, -0.15) is 13.2 Å². The molecule has 0 heterocycles. The maximum Gasteiger partial charge on any atom is 0.401 e. The average molecular weight is 226 g/mol. The summed E-state index contributed by atoms with van der Waals surface area (Å²) in [6.07, 6.45) is -2.70. The lowest BCUT2D eigenvalue weighted by Crippen LogP contribution is -2.52. The summed E-state index contributed by atoms with van der Waals surface area (Å²) in [6, 6.07) is -1.12. The first-order chi connectivity index (χ1) is 6.85. The van der Waals surface area contributed by atoms with Crippen molar-refractivity contribution in [1.29, 1.82) is 0 Å². The molecule has 2 atom stereocenters. The van der Waals surface area contributed by atoms with Crippen LogP contribution >= 0.6 is 0 Å². The van der Waals surface area contributed by atoms with Crippen LogP contribution in [0.5, 0.6) is 0 Å². The molecule has 1 aliphatic rings. The molecule has 2 unspecified atom stereocenters. The van der Waals surface area contributed by atoms with Gasteiger partial charge >= 0.3 is 6.18 Å². The molecule has 0 aromatic rings. The van der Waals surface area contributed by atoms with Crippen LogP contribution in [0.25, 0.3) is 0 Å². The van der Waals surface area contributed by atoms with E-state index in [1.165, 1.54) is 4.90 Å². The zero-order valence-corrected chi connectivity index (χ0v) is 8.67. The molecule has 0 bridgehead atoms. The van der Waals surface area contributed by atoms with Gasteiger partial charge in [-0.3, -0.25) is 4.90 Å². The summed E-state index contributed by atoms with van der Waals surface area (Å²) in [4.78, 5) is 1.28. The van der Waals surface area contributed by atoms with E-state index in [9.17, 15) is 13.2 Å². The third-order valence-electron chi connectivity index (χ3n) is 2.60. The average Bonchev–Trinajstić information content (AvgIpc) is 2.82. The standard InChI is InChI=1S/C9H17F3N2O/c1-6(13)8(4-15)14(7-2-3-7)5-9(10,11)12/h6-8,15H,2-5,13H2,1H3. The second-order valence-corrected chi connectivity index (χ2v) is 4.13. The van der Waals surface area contributed by atoms with Crippen LogP contribution in [0, 0.1) is 0 Å². The third-order valence-corrected chi connectivity index (χ3v) is 2.60. The van der Waals surface area contributed by atoms with E-state index in [4.69, 9.17) is 10.8 Å².